The molecule has 7 nitrogen and oxygen atoms in total. The zero-order valence-corrected chi connectivity index (χ0v) is 11.7. The van der Waals surface area contributed by atoms with E-state index < -0.39 is 12.2 Å². The Bertz CT molecular complexity index is 635. The van der Waals surface area contributed by atoms with Crippen molar-refractivity contribution in [2.75, 3.05) is 13.1 Å². The molecule has 0 bridgehead atoms. The third kappa shape index (κ3) is 5.89. The molecule has 1 aromatic carbocycles. The second kappa shape index (κ2) is 7.53. The minimum absolute atomic E-state index is 0.0532. The third-order valence-corrected chi connectivity index (χ3v) is 2.92. The first-order chi connectivity index (χ1) is 10.6. The molecule has 0 radical (unpaired) electrons. The van der Waals surface area contributed by atoms with E-state index in [-0.39, 0.29) is 22.8 Å². The minimum atomic E-state index is -6.00. The minimum Gasteiger partial charge on any atom is -0.418 e. The van der Waals surface area contributed by atoms with Gasteiger partial charge in [0.05, 0.1) is 4.92 Å². The van der Waals surface area contributed by atoms with Crippen molar-refractivity contribution in [2.45, 2.75) is 12.8 Å². The number of rotatable bonds is 2. The molecule has 0 aliphatic carbocycles. The molecule has 124 valence electrons. The number of hydrogen-bond acceptors (Lipinski definition) is 4. The lowest BCUT2D eigenvalue weighted by molar-refractivity contribution is -0.384. The normalized spacial score (nSPS) is 13.8. The molecule has 0 aromatic heterocycles. The maximum atomic E-state index is 12.1. The van der Waals surface area contributed by atoms with Crippen molar-refractivity contribution in [3.63, 3.8) is 0 Å². The van der Waals surface area contributed by atoms with E-state index in [0.29, 0.717) is 13.1 Å². The van der Waals surface area contributed by atoms with E-state index in [0.717, 1.165) is 18.9 Å². The van der Waals surface area contributed by atoms with E-state index in [1.807, 2.05) is 0 Å². The number of nitrogens with zero attached hydrogens (tertiary/aromatic N) is 4. The van der Waals surface area contributed by atoms with Crippen molar-refractivity contribution in [3.8, 4) is 0 Å². The van der Waals surface area contributed by atoms with Crippen molar-refractivity contribution in [2.24, 2.45) is 0 Å². The van der Waals surface area contributed by atoms with Crippen LogP contribution in [0.25, 0.3) is 4.98 Å². The highest BCUT2D eigenvalue weighted by atomic mass is 19.5. The summed E-state index contributed by atoms with van der Waals surface area (Å²) in [6.07, 6.45) is 1.85. The number of halogens is 4. The first-order valence-corrected chi connectivity index (χ1v) is 6.43. The Morgan fingerprint density at radius 1 is 1.26 bits per heavy atom. The SMILES string of the molecule is F[B-](F)(F)F.N#[N+]c1ccc([N+](=O)[O-])cc1C(=O)N1CCCC1. The number of amides is 1. The summed E-state index contributed by atoms with van der Waals surface area (Å²) < 4.78 is 39.0. The van der Waals surface area contributed by atoms with Gasteiger partial charge in [0.1, 0.15) is 5.56 Å². The molecule has 1 fully saturated rings. The topological polar surface area (TPSA) is 91.6 Å². The van der Waals surface area contributed by atoms with Crippen molar-refractivity contribution in [3.05, 3.63) is 38.9 Å². The van der Waals surface area contributed by atoms with E-state index in [1.54, 1.807) is 4.90 Å². The number of carbonyl (C=O) groups is 1. The van der Waals surface area contributed by atoms with Crippen molar-refractivity contribution < 1.29 is 27.0 Å². The number of nitro groups is 1. The summed E-state index contributed by atoms with van der Waals surface area (Å²) in [5.41, 5.74) is -0.0731. The Morgan fingerprint density at radius 3 is 2.22 bits per heavy atom. The number of likely N-dealkylation sites (tertiary alicyclic amines) is 1. The predicted octanol–water partition coefficient (Wildman–Crippen LogP) is 3.62. The molecule has 1 aliphatic rings. The number of nitro benzene ring substituents is 1. The zero-order valence-electron chi connectivity index (χ0n) is 11.7. The fraction of sp³-hybridized carbons (Fsp3) is 0.364. The summed E-state index contributed by atoms with van der Waals surface area (Å²) >= 11 is 0. The number of hydrogen-bond donors (Lipinski definition) is 0. The van der Waals surface area contributed by atoms with Crippen LogP contribution in [-0.2, 0) is 0 Å². The maximum Gasteiger partial charge on any atom is 0.673 e. The van der Waals surface area contributed by atoms with Gasteiger partial charge < -0.3 is 22.2 Å². The molecule has 0 N–H and O–H groups in total. The summed E-state index contributed by atoms with van der Waals surface area (Å²) in [5.74, 6) is -0.330. The molecule has 1 amide bonds. The van der Waals surface area contributed by atoms with Crippen LogP contribution in [0.4, 0.5) is 28.6 Å². The smallest absolute Gasteiger partial charge is 0.418 e. The number of carbonyl (C=O) groups excluding carboxylic acids is 1. The first-order valence-electron chi connectivity index (χ1n) is 6.43. The molecule has 12 heteroatoms. The summed E-state index contributed by atoms with van der Waals surface area (Å²) in [5, 5.41) is 19.5. The molecule has 1 aliphatic heterocycles. The van der Waals surface area contributed by atoms with Gasteiger partial charge in [-0.2, -0.15) is 0 Å². The summed E-state index contributed by atoms with van der Waals surface area (Å²) in [7, 11) is -6.00. The maximum absolute atomic E-state index is 12.1. The number of benzene rings is 1. The van der Waals surface area contributed by atoms with Crippen LogP contribution in [0.15, 0.2) is 18.2 Å². The Balaban J connectivity index is 0.000000463. The van der Waals surface area contributed by atoms with Gasteiger partial charge in [-0.15, -0.1) is 0 Å². The van der Waals surface area contributed by atoms with E-state index in [4.69, 9.17) is 5.39 Å². The van der Waals surface area contributed by atoms with E-state index >= 15 is 0 Å². The van der Waals surface area contributed by atoms with Crippen LogP contribution in [0, 0.1) is 15.5 Å². The van der Waals surface area contributed by atoms with Crippen LogP contribution >= 0.6 is 0 Å². The van der Waals surface area contributed by atoms with Crippen LogP contribution in [0.5, 0.6) is 0 Å². The third-order valence-electron chi connectivity index (χ3n) is 2.92. The van der Waals surface area contributed by atoms with Gasteiger partial charge in [-0.25, -0.2) is 0 Å². The van der Waals surface area contributed by atoms with Crippen molar-refractivity contribution >= 4 is 24.5 Å². The van der Waals surface area contributed by atoms with Gasteiger partial charge in [-0.05, 0) is 12.8 Å². The molecule has 1 aromatic rings. The van der Waals surface area contributed by atoms with Crippen LogP contribution in [0.3, 0.4) is 0 Å². The Morgan fingerprint density at radius 2 is 1.78 bits per heavy atom. The Labute approximate surface area is 127 Å². The molecular formula is C11H11BF4N4O3. The van der Waals surface area contributed by atoms with Crippen LogP contribution in [0.2, 0.25) is 0 Å². The zero-order chi connectivity index (χ0) is 17.6. The molecule has 23 heavy (non-hydrogen) atoms. The Kier molecular flexibility index (Phi) is 6.00. The van der Waals surface area contributed by atoms with E-state index in [9.17, 15) is 32.2 Å². The number of diazo groups is 1. The first kappa shape index (κ1) is 18.3. The van der Waals surface area contributed by atoms with Gasteiger partial charge in [0, 0.05) is 31.3 Å². The lowest BCUT2D eigenvalue weighted by Gasteiger charge is -2.13. The van der Waals surface area contributed by atoms with Gasteiger partial charge in [-0.3, -0.25) is 14.9 Å². The van der Waals surface area contributed by atoms with Gasteiger partial charge >= 0.3 is 12.9 Å². The highest BCUT2D eigenvalue weighted by Crippen LogP contribution is 2.27. The highest BCUT2D eigenvalue weighted by molar-refractivity contribution is 6.50. The van der Waals surface area contributed by atoms with Gasteiger partial charge in [0.25, 0.3) is 11.6 Å². The summed E-state index contributed by atoms with van der Waals surface area (Å²) in [6, 6.07) is 3.62. The van der Waals surface area contributed by atoms with E-state index in [1.165, 1.54) is 12.1 Å². The molecule has 0 unspecified atom stereocenters. The van der Waals surface area contributed by atoms with Crippen molar-refractivity contribution in [1.82, 2.24) is 4.90 Å². The lowest BCUT2D eigenvalue weighted by Crippen LogP contribution is -2.27. The fourth-order valence-corrected chi connectivity index (χ4v) is 1.99. The van der Waals surface area contributed by atoms with E-state index in [2.05, 4.69) is 4.98 Å². The average Bonchev–Trinajstić information content (AvgIpc) is 2.98. The fourth-order valence-electron chi connectivity index (χ4n) is 1.99. The molecule has 0 saturated carbocycles. The largest absolute Gasteiger partial charge is 0.673 e. The second-order valence-corrected chi connectivity index (χ2v) is 4.55. The number of non-ortho nitro benzene ring substituents is 1. The molecule has 1 heterocycles. The molecule has 1 saturated heterocycles. The van der Waals surface area contributed by atoms with Crippen LogP contribution in [0.1, 0.15) is 23.2 Å². The predicted molar refractivity (Wildman–Crippen MR) is 73.2 cm³/mol. The van der Waals surface area contributed by atoms with Gasteiger partial charge in [0.15, 0.2) is 4.98 Å². The quantitative estimate of drug-likeness (QED) is 0.271. The van der Waals surface area contributed by atoms with Crippen LogP contribution < -0.4 is 0 Å². The highest BCUT2D eigenvalue weighted by Gasteiger charge is 2.29. The molecule has 0 spiro atoms. The van der Waals surface area contributed by atoms with Gasteiger partial charge in [-0.1, -0.05) is 0 Å². The van der Waals surface area contributed by atoms with Crippen molar-refractivity contribution in [1.29, 1.82) is 5.39 Å². The monoisotopic (exact) mass is 334 g/mol. The second-order valence-electron chi connectivity index (χ2n) is 4.55. The Hall–Kier alpha value is -2.71. The standard InChI is InChI=1S/C11H11N4O3.BF4/c12-13-10-4-3-8(15(17)18)7-9(10)11(16)14-5-1-2-6-14;2-1(3,4)5/h3-4,7H,1-2,5-6H2;/q+1;-1. The van der Waals surface area contributed by atoms with Gasteiger partial charge in [0.2, 0.25) is 5.39 Å². The molecular weight excluding hydrogens is 323 g/mol. The summed E-state index contributed by atoms with van der Waals surface area (Å²) in [4.78, 5) is 26.8. The average molecular weight is 334 g/mol. The summed E-state index contributed by atoms with van der Waals surface area (Å²) in [6.45, 7) is 1.26. The molecule has 0 atom stereocenters. The molecule has 2 rings (SSSR count). The van der Waals surface area contributed by atoms with Crippen LogP contribution in [-0.4, -0.2) is 36.1 Å². The lowest BCUT2D eigenvalue weighted by atomic mass is 10.1.